The van der Waals surface area contributed by atoms with Gasteiger partial charge in [-0.05, 0) is 24.8 Å². The van der Waals surface area contributed by atoms with E-state index in [1.807, 2.05) is 13.0 Å². The average Bonchev–Trinajstić information content (AvgIpc) is 2.74. The van der Waals surface area contributed by atoms with E-state index in [2.05, 4.69) is 34.6 Å². The summed E-state index contributed by atoms with van der Waals surface area (Å²) in [6.45, 7) is 15.5. The van der Waals surface area contributed by atoms with Gasteiger partial charge in [-0.1, -0.05) is 117 Å². The van der Waals surface area contributed by atoms with Crippen molar-refractivity contribution in [2.24, 2.45) is 0 Å². The summed E-state index contributed by atoms with van der Waals surface area (Å²) in [5.41, 5.74) is 1.13. The van der Waals surface area contributed by atoms with Gasteiger partial charge < -0.3 is 19.8 Å². The zero-order valence-corrected chi connectivity index (χ0v) is 22.5. The van der Waals surface area contributed by atoms with Gasteiger partial charge >= 0.3 is 23.9 Å². The van der Waals surface area contributed by atoms with Crippen molar-refractivity contribution < 1.29 is 19.8 Å². The third kappa shape index (κ3) is 29.2. The van der Waals surface area contributed by atoms with Crippen LogP contribution in [0.5, 0.6) is 0 Å². The Balaban J connectivity index is -0.000000164. The third-order valence-electron chi connectivity index (χ3n) is 3.81. The van der Waals surface area contributed by atoms with Crippen LogP contribution in [0, 0.1) is 13.8 Å². The largest absolute Gasteiger partial charge is 2.00 e. The number of aliphatic carboxylic acids is 1. The molecule has 0 saturated heterocycles. The fourth-order valence-corrected chi connectivity index (χ4v) is 1.90. The summed E-state index contributed by atoms with van der Waals surface area (Å²) >= 11 is 0. The molecule has 30 heavy (non-hydrogen) atoms. The van der Waals surface area contributed by atoms with Crippen LogP contribution in [0.1, 0.15) is 108 Å². The molecule has 0 heterocycles. The zero-order valence-electron chi connectivity index (χ0n) is 19.6. The Morgan fingerprint density at radius 3 is 1.60 bits per heavy atom. The summed E-state index contributed by atoms with van der Waals surface area (Å²) in [7, 11) is 0. The first-order valence-electron chi connectivity index (χ1n) is 10.9. The van der Waals surface area contributed by atoms with E-state index in [0.29, 0.717) is 5.56 Å². The van der Waals surface area contributed by atoms with Crippen LogP contribution in [-0.4, -0.2) is 35.8 Å². The number of unbranched alkanes of at least 4 members (excludes halogenated alkanes) is 6. The van der Waals surface area contributed by atoms with Crippen molar-refractivity contribution >= 4 is 35.8 Å². The molecule has 0 atom stereocenters. The fourth-order valence-electron chi connectivity index (χ4n) is 1.90. The van der Waals surface area contributed by atoms with Gasteiger partial charge in [0.1, 0.15) is 0 Å². The van der Waals surface area contributed by atoms with Crippen LogP contribution in [0.4, 0.5) is 0 Å². The molecule has 0 fully saturated rings. The van der Waals surface area contributed by atoms with Gasteiger partial charge in [-0.25, -0.2) is 0 Å². The van der Waals surface area contributed by atoms with E-state index in [9.17, 15) is 19.8 Å². The molecule has 0 unspecified atom stereocenters. The minimum atomic E-state index is -1.09. The molecule has 1 aromatic rings. The first-order valence-corrected chi connectivity index (χ1v) is 10.9. The standard InChI is InChI=1S/C9H10O2.C8H16O2.2C4H9.Sn/c1-2-7-5-3-4-6-8(7)9(10)11;1-2-3-4-5-6-7-8(9)10;2*1-3-4-2;/h3-6H,2H2,1H3,(H,10,11);2-7H2,1H3,(H,9,10);2*1,3-4H2,2H3;/q;;;;+2/p-2. The van der Waals surface area contributed by atoms with Crippen LogP contribution in [0.3, 0.4) is 0 Å². The quantitative estimate of drug-likeness (QED) is 0.331. The van der Waals surface area contributed by atoms with Crippen LogP contribution < -0.4 is 10.2 Å². The number of hydrogen-bond acceptors (Lipinski definition) is 4. The molecule has 0 aliphatic rings. The molecule has 0 amide bonds. The van der Waals surface area contributed by atoms with Gasteiger partial charge in [-0.15, -0.1) is 0 Å². The Kier molecular flexibility index (Phi) is 36.5. The summed E-state index contributed by atoms with van der Waals surface area (Å²) in [6, 6.07) is 6.88. The molecule has 1 aromatic carbocycles. The van der Waals surface area contributed by atoms with Gasteiger partial charge in [-0.2, -0.15) is 0 Å². The number of carboxylic acids is 2. The van der Waals surface area contributed by atoms with Gasteiger partial charge in [0, 0.05) is 11.5 Å². The summed E-state index contributed by atoms with van der Waals surface area (Å²) in [6.07, 6.45) is 10.9. The molecule has 0 aliphatic heterocycles. The maximum atomic E-state index is 10.5. The van der Waals surface area contributed by atoms with Gasteiger partial charge in [0.2, 0.25) is 0 Å². The first kappa shape index (κ1) is 36.3. The predicted octanol–water partition coefficient (Wildman–Crippen LogP) is 4.57. The number of aryl methyl sites for hydroxylation is 1. The van der Waals surface area contributed by atoms with Gasteiger partial charge in [0.25, 0.3) is 0 Å². The second-order valence-electron chi connectivity index (χ2n) is 6.54. The van der Waals surface area contributed by atoms with Gasteiger partial charge in [0.05, 0.1) is 5.97 Å². The monoisotopic (exact) mass is 526 g/mol. The molecule has 1 rings (SSSR count). The van der Waals surface area contributed by atoms with Gasteiger partial charge in [0.15, 0.2) is 0 Å². The molecule has 0 spiro atoms. The smallest absolute Gasteiger partial charge is 0.550 e. The van der Waals surface area contributed by atoms with Crippen molar-refractivity contribution in [2.45, 2.75) is 98.3 Å². The number of carboxylic acid groups (broad SMARTS) is 2. The van der Waals surface area contributed by atoms with Crippen molar-refractivity contribution in [1.82, 2.24) is 0 Å². The third-order valence-corrected chi connectivity index (χ3v) is 3.81. The Morgan fingerprint density at radius 2 is 1.27 bits per heavy atom. The van der Waals surface area contributed by atoms with E-state index >= 15 is 0 Å². The Bertz CT molecular complexity index is 482. The second kappa shape index (κ2) is 30.2. The summed E-state index contributed by atoms with van der Waals surface area (Å²) in [5, 5.41) is 20.4. The zero-order chi connectivity index (χ0) is 22.9. The number of carbonyl (C=O) groups excluding carboxylic acids is 2. The molecule has 0 aliphatic carbocycles. The Morgan fingerprint density at radius 1 is 0.800 bits per heavy atom. The van der Waals surface area contributed by atoms with E-state index in [0.717, 1.165) is 44.1 Å². The maximum Gasteiger partial charge on any atom is 2.00 e. The summed E-state index contributed by atoms with van der Waals surface area (Å²) in [4.78, 5) is 20.4. The molecular formula is C25H42O4Sn. The average molecular weight is 525 g/mol. The minimum absolute atomic E-state index is 0. The number of aromatic carboxylic acids is 1. The first-order chi connectivity index (χ1) is 13.9. The van der Waals surface area contributed by atoms with Crippen molar-refractivity contribution in [3.8, 4) is 0 Å². The van der Waals surface area contributed by atoms with E-state index in [4.69, 9.17) is 0 Å². The Hall–Kier alpha value is -1.04. The number of benzene rings is 1. The molecule has 0 N–H and O–H groups in total. The van der Waals surface area contributed by atoms with Crippen molar-refractivity contribution in [3.05, 3.63) is 49.2 Å². The predicted molar refractivity (Wildman–Crippen MR) is 125 cm³/mol. The normalized spacial score (nSPS) is 8.73. The molecular weight excluding hydrogens is 483 g/mol. The van der Waals surface area contributed by atoms with Gasteiger partial charge in [-0.3, -0.25) is 0 Å². The van der Waals surface area contributed by atoms with Crippen molar-refractivity contribution in [3.63, 3.8) is 0 Å². The van der Waals surface area contributed by atoms with Crippen LogP contribution >= 0.6 is 0 Å². The van der Waals surface area contributed by atoms with Crippen LogP contribution in [0.25, 0.3) is 0 Å². The molecule has 0 saturated carbocycles. The fraction of sp³-hybridized carbons (Fsp3) is 0.600. The van der Waals surface area contributed by atoms with Crippen molar-refractivity contribution in [2.75, 3.05) is 0 Å². The maximum absolute atomic E-state index is 10.5. The topological polar surface area (TPSA) is 80.3 Å². The minimum Gasteiger partial charge on any atom is -0.550 e. The summed E-state index contributed by atoms with van der Waals surface area (Å²) < 4.78 is 0. The summed E-state index contributed by atoms with van der Waals surface area (Å²) in [5.74, 6) is -2.01. The molecule has 0 bridgehead atoms. The number of carbonyl (C=O) groups is 2. The van der Waals surface area contributed by atoms with Crippen LogP contribution in [0.2, 0.25) is 0 Å². The Labute approximate surface area is 202 Å². The molecule has 5 heteroatoms. The SMILES string of the molecule is CCCCCCCC(=O)[O-].CCc1ccccc1C(=O)[O-].[CH2]CCC.[CH2]CCC.[Sn+2]. The molecule has 170 valence electrons. The van der Waals surface area contributed by atoms with E-state index in [1.54, 1.807) is 18.2 Å². The number of hydrogen-bond donors (Lipinski definition) is 0. The van der Waals surface area contributed by atoms with Crippen LogP contribution in [-0.2, 0) is 11.2 Å². The molecule has 4 radical (unpaired) electrons. The van der Waals surface area contributed by atoms with Crippen molar-refractivity contribution in [1.29, 1.82) is 0 Å². The van der Waals surface area contributed by atoms with Crippen LogP contribution in [0.15, 0.2) is 24.3 Å². The van der Waals surface area contributed by atoms with E-state index in [-0.39, 0.29) is 30.3 Å². The number of rotatable bonds is 10. The second-order valence-corrected chi connectivity index (χ2v) is 6.54. The molecule has 4 nitrogen and oxygen atoms in total. The van der Waals surface area contributed by atoms with E-state index in [1.165, 1.54) is 25.7 Å². The van der Waals surface area contributed by atoms with E-state index < -0.39 is 11.9 Å². The molecule has 0 aromatic heterocycles.